The number of hydrogen-bond acceptors (Lipinski definition) is 5. The number of aliphatic hydroxyl groups excluding tert-OH is 2. The van der Waals surface area contributed by atoms with Crippen LogP contribution in [-0.4, -0.2) is 48.2 Å². The van der Waals surface area contributed by atoms with Gasteiger partial charge in [0.1, 0.15) is 12.6 Å². The Morgan fingerprint density at radius 1 is 0.933 bits per heavy atom. The minimum absolute atomic E-state index is 0.0175. The number of carbonyl (C=O) groups is 2. The van der Waals surface area contributed by atoms with Crippen LogP contribution in [0.4, 0.5) is 0 Å². The molecule has 5 heteroatoms. The number of hydrogen-bond donors (Lipinski definition) is 2. The highest BCUT2D eigenvalue weighted by Gasteiger charge is 2.02. The van der Waals surface area contributed by atoms with Crippen LogP contribution in [0.1, 0.15) is 0 Å². The molecule has 0 amide bonds. The molecule has 0 aromatic rings. The van der Waals surface area contributed by atoms with E-state index in [0.29, 0.717) is 12.6 Å². The van der Waals surface area contributed by atoms with Gasteiger partial charge >= 0.3 is 0 Å². The molecule has 5 nitrogen and oxygen atoms in total. The van der Waals surface area contributed by atoms with E-state index < -0.39 is 12.2 Å². The van der Waals surface area contributed by atoms with Crippen molar-refractivity contribution in [3.05, 3.63) is 24.3 Å². The van der Waals surface area contributed by atoms with E-state index in [4.69, 9.17) is 14.9 Å². The van der Waals surface area contributed by atoms with Crippen LogP contribution in [0.3, 0.4) is 0 Å². The molecule has 0 aromatic carbocycles. The molecule has 0 saturated heterocycles. The molecule has 0 aliphatic carbocycles. The molecule has 2 N–H and O–H groups in total. The quantitative estimate of drug-likeness (QED) is 0.409. The van der Waals surface area contributed by atoms with Gasteiger partial charge in [-0.2, -0.15) is 0 Å². The number of ether oxygens (including phenoxy) is 1. The van der Waals surface area contributed by atoms with Gasteiger partial charge < -0.3 is 14.9 Å². The first-order valence-electron chi connectivity index (χ1n) is 4.38. The second kappa shape index (κ2) is 9.26. The largest absolute Gasteiger partial charge is 0.387 e. The van der Waals surface area contributed by atoms with Gasteiger partial charge in [-0.25, -0.2) is 0 Å². The maximum atomic E-state index is 9.89. The Hall–Kier alpha value is -1.30. The zero-order valence-corrected chi connectivity index (χ0v) is 8.15. The van der Waals surface area contributed by atoms with Gasteiger partial charge in [0.25, 0.3) is 0 Å². The molecular formula is C10H14O5. The van der Waals surface area contributed by atoms with Gasteiger partial charge in [0.05, 0.1) is 25.4 Å². The molecule has 15 heavy (non-hydrogen) atoms. The molecule has 0 fully saturated rings. The molecule has 0 radical (unpaired) electrons. The fourth-order valence-corrected chi connectivity index (χ4v) is 0.768. The van der Waals surface area contributed by atoms with Crippen LogP contribution < -0.4 is 0 Å². The lowest BCUT2D eigenvalue weighted by Crippen LogP contribution is -2.18. The summed E-state index contributed by atoms with van der Waals surface area (Å²) in [5.41, 5.74) is 0. The zero-order chi connectivity index (χ0) is 11.5. The van der Waals surface area contributed by atoms with Crippen molar-refractivity contribution in [1.82, 2.24) is 0 Å². The fraction of sp³-hybridized carbons (Fsp3) is 0.400. The minimum atomic E-state index is -0.877. The summed E-state index contributed by atoms with van der Waals surface area (Å²) < 4.78 is 4.92. The van der Waals surface area contributed by atoms with Crippen LogP contribution >= 0.6 is 0 Å². The summed E-state index contributed by atoms with van der Waals surface area (Å²) >= 11 is 0. The Bertz CT molecular complexity index is 210. The van der Waals surface area contributed by atoms with Crippen LogP contribution in [0.15, 0.2) is 24.3 Å². The van der Waals surface area contributed by atoms with Crippen LogP contribution in [-0.2, 0) is 14.3 Å². The lowest BCUT2D eigenvalue weighted by Gasteiger charge is -2.08. The molecule has 84 valence electrons. The summed E-state index contributed by atoms with van der Waals surface area (Å²) in [5.74, 6) is 0. The van der Waals surface area contributed by atoms with Crippen LogP contribution in [0, 0.1) is 0 Å². The maximum Gasteiger partial charge on any atom is 0.142 e. The van der Waals surface area contributed by atoms with Crippen molar-refractivity contribution >= 4 is 12.6 Å². The van der Waals surface area contributed by atoms with Gasteiger partial charge in [0.15, 0.2) is 0 Å². The maximum absolute atomic E-state index is 9.89. The van der Waals surface area contributed by atoms with Crippen molar-refractivity contribution in [3.63, 3.8) is 0 Å². The normalized spacial score (nSPS) is 15.6. The van der Waals surface area contributed by atoms with Crippen molar-refractivity contribution < 1.29 is 24.5 Å². The predicted octanol–water partition coefficient (Wildman–Crippen LogP) is -0.765. The van der Waals surface area contributed by atoms with E-state index in [1.54, 1.807) is 0 Å². The van der Waals surface area contributed by atoms with E-state index in [-0.39, 0.29) is 13.2 Å². The molecule has 0 saturated carbocycles. The van der Waals surface area contributed by atoms with Crippen molar-refractivity contribution in [2.75, 3.05) is 13.2 Å². The van der Waals surface area contributed by atoms with E-state index in [1.807, 2.05) is 0 Å². The third-order valence-electron chi connectivity index (χ3n) is 1.40. The molecule has 0 rings (SSSR count). The van der Waals surface area contributed by atoms with Crippen molar-refractivity contribution in [3.8, 4) is 0 Å². The van der Waals surface area contributed by atoms with Gasteiger partial charge in [0.2, 0.25) is 0 Å². The lowest BCUT2D eigenvalue weighted by molar-refractivity contribution is -0.104. The first kappa shape index (κ1) is 13.7. The highest BCUT2D eigenvalue weighted by Crippen LogP contribution is 1.91. The number of rotatable bonds is 8. The molecule has 0 heterocycles. The summed E-state index contributed by atoms with van der Waals surface area (Å²) in [6, 6.07) is 0. The smallest absolute Gasteiger partial charge is 0.142 e. The van der Waals surface area contributed by atoms with Crippen molar-refractivity contribution in [1.29, 1.82) is 0 Å². The topological polar surface area (TPSA) is 83.8 Å². The molecular weight excluding hydrogens is 200 g/mol. The first-order chi connectivity index (χ1) is 7.20. The van der Waals surface area contributed by atoms with E-state index in [2.05, 4.69) is 0 Å². The molecule has 0 aromatic heterocycles. The van der Waals surface area contributed by atoms with E-state index in [1.165, 1.54) is 12.2 Å². The summed E-state index contributed by atoms with van der Waals surface area (Å²) in [6.07, 6.45) is 4.22. The Kier molecular flexibility index (Phi) is 8.46. The summed E-state index contributed by atoms with van der Waals surface area (Å²) in [4.78, 5) is 19.8. The third kappa shape index (κ3) is 9.01. The molecule has 0 bridgehead atoms. The number of aldehydes is 2. The van der Waals surface area contributed by atoms with E-state index >= 15 is 0 Å². The van der Waals surface area contributed by atoms with E-state index in [0.717, 1.165) is 12.2 Å². The van der Waals surface area contributed by atoms with E-state index in [9.17, 15) is 9.59 Å². The lowest BCUT2D eigenvalue weighted by atomic mass is 10.3. The van der Waals surface area contributed by atoms with Crippen LogP contribution in [0.5, 0.6) is 0 Å². The summed E-state index contributed by atoms with van der Waals surface area (Å²) in [6.45, 7) is -0.0351. The van der Waals surface area contributed by atoms with Crippen molar-refractivity contribution in [2.45, 2.75) is 12.2 Å². The number of allylic oxidation sites excluding steroid dienone is 2. The highest BCUT2D eigenvalue weighted by molar-refractivity contribution is 5.65. The average Bonchev–Trinajstić information content (AvgIpc) is 2.23. The van der Waals surface area contributed by atoms with Crippen molar-refractivity contribution in [2.24, 2.45) is 0 Å². The van der Waals surface area contributed by atoms with Gasteiger partial charge in [-0.15, -0.1) is 0 Å². The Morgan fingerprint density at radius 3 is 1.67 bits per heavy atom. The average molecular weight is 214 g/mol. The van der Waals surface area contributed by atoms with Gasteiger partial charge in [0, 0.05) is 0 Å². The first-order valence-corrected chi connectivity index (χ1v) is 4.38. The Balaban J connectivity index is 3.60. The standard InChI is InChI=1S/C10H14O5/c11-5-1-3-9(13)7-15-8-10(14)4-2-6-12/h1-6,9-10,13-14H,7-8H2. The van der Waals surface area contributed by atoms with Gasteiger partial charge in [-0.3, -0.25) is 9.59 Å². The molecule has 2 atom stereocenters. The second-order valence-corrected chi connectivity index (χ2v) is 2.71. The Labute approximate surface area is 87.7 Å². The molecule has 0 spiro atoms. The Morgan fingerprint density at radius 2 is 1.33 bits per heavy atom. The monoisotopic (exact) mass is 214 g/mol. The fourth-order valence-electron chi connectivity index (χ4n) is 0.768. The third-order valence-corrected chi connectivity index (χ3v) is 1.40. The minimum Gasteiger partial charge on any atom is -0.387 e. The number of aliphatic hydroxyl groups is 2. The number of carbonyl (C=O) groups excluding carboxylic acids is 2. The van der Waals surface area contributed by atoms with Crippen LogP contribution in [0.2, 0.25) is 0 Å². The van der Waals surface area contributed by atoms with Crippen LogP contribution in [0.25, 0.3) is 0 Å². The molecule has 0 aliphatic heterocycles. The highest BCUT2D eigenvalue weighted by atomic mass is 16.5. The summed E-state index contributed by atoms with van der Waals surface area (Å²) in [5, 5.41) is 18.3. The second-order valence-electron chi connectivity index (χ2n) is 2.71. The zero-order valence-electron chi connectivity index (χ0n) is 8.15. The van der Waals surface area contributed by atoms with Gasteiger partial charge in [-0.05, 0) is 12.2 Å². The molecule has 2 unspecified atom stereocenters. The molecule has 0 aliphatic rings. The summed E-state index contributed by atoms with van der Waals surface area (Å²) in [7, 11) is 0. The SMILES string of the molecule is O=CC=CC(O)COCC(O)C=CC=O. The van der Waals surface area contributed by atoms with Gasteiger partial charge in [-0.1, -0.05) is 12.2 Å². The predicted molar refractivity (Wildman–Crippen MR) is 53.2 cm³/mol.